The van der Waals surface area contributed by atoms with Gasteiger partial charge in [0.25, 0.3) is 0 Å². The number of carbonyl (C=O) groups excluding carboxylic acids is 1. The second-order valence-electron chi connectivity index (χ2n) is 3.50. The third-order valence-corrected chi connectivity index (χ3v) is 2.35. The minimum atomic E-state index is -1.51. The summed E-state index contributed by atoms with van der Waals surface area (Å²) in [6, 6.07) is 0.652. The second kappa shape index (κ2) is 4.92. The summed E-state index contributed by atoms with van der Waals surface area (Å²) in [5.41, 5.74) is 5.52. The summed E-state index contributed by atoms with van der Waals surface area (Å²) in [7, 11) is 1.18. The lowest BCUT2D eigenvalue weighted by Crippen LogP contribution is -2.22. The number of halogens is 1. The van der Waals surface area contributed by atoms with Crippen LogP contribution in [0.25, 0.3) is 0 Å². The van der Waals surface area contributed by atoms with Crippen LogP contribution >= 0.6 is 0 Å². The van der Waals surface area contributed by atoms with Gasteiger partial charge in [0.2, 0.25) is 0 Å². The fourth-order valence-corrected chi connectivity index (χ4v) is 1.39. The molecule has 0 radical (unpaired) electrons. The number of carboxylic acid groups (broad SMARTS) is 1. The maximum atomic E-state index is 13.5. The average Bonchev–Trinajstić information content (AvgIpc) is 2.27. The number of nitrogens with two attached hydrogens (primary N) is 1. The third-order valence-electron chi connectivity index (χ3n) is 2.35. The van der Waals surface area contributed by atoms with E-state index in [2.05, 4.69) is 4.74 Å². The number of carboxylic acids is 1. The number of aryl methyl sites for hydroxylation is 1. The molecule has 0 heterocycles. The van der Waals surface area contributed by atoms with Crippen LogP contribution < -0.4 is 5.73 Å². The minimum absolute atomic E-state index is 0.0978. The lowest BCUT2D eigenvalue weighted by atomic mass is 10.00. The van der Waals surface area contributed by atoms with Crippen LogP contribution in [0, 0.1) is 12.7 Å². The van der Waals surface area contributed by atoms with Crippen molar-refractivity contribution < 1.29 is 23.8 Å². The molecule has 0 aliphatic rings. The lowest BCUT2D eigenvalue weighted by Gasteiger charge is -2.11. The molecule has 1 aromatic carbocycles. The van der Waals surface area contributed by atoms with Gasteiger partial charge in [-0.25, -0.2) is 9.18 Å². The Morgan fingerprint density at radius 3 is 2.53 bits per heavy atom. The first kappa shape index (κ1) is 13.1. The molecule has 1 unspecified atom stereocenters. The molecule has 0 aliphatic carbocycles. The molecule has 0 fully saturated rings. The number of esters is 1. The molecule has 6 heteroatoms. The molecule has 0 aliphatic heterocycles. The van der Waals surface area contributed by atoms with E-state index in [9.17, 15) is 14.0 Å². The van der Waals surface area contributed by atoms with Crippen LogP contribution in [0.15, 0.2) is 12.1 Å². The Kier molecular flexibility index (Phi) is 3.80. The van der Waals surface area contributed by atoms with E-state index >= 15 is 0 Å². The fraction of sp³-hybridized carbons (Fsp3) is 0.273. The molecule has 92 valence electrons. The SMILES string of the molecule is COC(=O)c1cc(C(N)C(=O)O)c(F)cc1C. The topological polar surface area (TPSA) is 89.6 Å². The lowest BCUT2D eigenvalue weighted by molar-refractivity contribution is -0.138. The molecule has 0 aromatic heterocycles. The molecule has 1 atom stereocenters. The van der Waals surface area contributed by atoms with Crippen LogP contribution in [0.4, 0.5) is 4.39 Å². The average molecular weight is 241 g/mol. The Morgan fingerprint density at radius 2 is 2.06 bits per heavy atom. The monoisotopic (exact) mass is 241 g/mol. The van der Waals surface area contributed by atoms with Crippen molar-refractivity contribution in [1.82, 2.24) is 0 Å². The highest BCUT2D eigenvalue weighted by Crippen LogP contribution is 2.21. The van der Waals surface area contributed by atoms with Gasteiger partial charge in [0.15, 0.2) is 0 Å². The highest BCUT2D eigenvalue weighted by atomic mass is 19.1. The van der Waals surface area contributed by atoms with E-state index in [1.165, 1.54) is 14.0 Å². The third kappa shape index (κ3) is 2.59. The van der Waals surface area contributed by atoms with Gasteiger partial charge in [0.1, 0.15) is 11.9 Å². The van der Waals surface area contributed by atoms with E-state index in [1.807, 2.05) is 0 Å². The van der Waals surface area contributed by atoms with E-state index in [0.717, 1.165) is 12.1 Å². The Hall–Kier alpha value is -1.95. The zero-order chi connectivity index (χ0) is 13.2. The summed E-state index contributed by atoms with van der Waals surface area (Å²) in [5.74, 6) is -2.80. The molecule has 0 bridgehead atoms. The Bertz CT molecular complexity index is 473. The molecular formula is C11H12FNO4. The van der Waals surface area contributed by atoms with Crippen molar-refractivity contribution in [1.29, 1.82) is 0 Å². The highest BCUT2D eigenvalue weighted by Gasteiger charge is 2.22. The largest absolute Gasteiger partial charge is 0.480 e. The molecule has 3 N–H and O–H groups in total. The molecular weight excluding hydrogens is 229 g/mol. The highest BCUT2D eigenvalue weighted by molar-refractivity contribution is 5.91. The summed E-state index contributed by atoms with van der Waals surface area (Å²) in [4.78, 5) is 22.0. The van der Waals surface area contributed by atoms with Gasteiger partial charge in [-0.15, -0.1) is 0 Å². The molecule has 0 saturated carbocycles. The molecule has 0 saturated heterocycles. The van der Waals surface area contributed by atoms with Crippen LogP contribution in [-0.4, -0.2) is 24.2 Å². The summed E-state index contributed by atoms with van der Waals surface area (Å²) in [5, 5.41) is 8.71. The summed E-state index contributed by atoms with van der Waals surface area (Å²) < 4.78 is 18.0. The van der Waals surface area contributed by atoms with Gasteiger partial charge in [0.05, 0.1) is 12.7 Å². The van der Waals surface area contributed by atoms with Crippen LogP contribution in [0.2, 0.25) is 0 Å². The number of ether oxygens (including phenoxy) is 1. The van der Waals surface area contributed by atoms with E-state index in [1.54, 1.807) is 0 Å². The van der Waals surface area contributed by atoms with Gasteiger partial charge < -0.3 is 15.6 Å². The Morgan fingerprint density at radius 1 is 1.47 bits per heavy atom. The summed E-state index contributed by atoms with van der Waals surface area (Å²) >= 11 is 0. The van der Waals surface area contributed by atoms with Gasteiger partial charge in [0, 0.05) is 5.56 Å². The Labute approximate surface area is 97.0 Å². The van der Waals surface area contributed by atoms with Gasteiger partial charge in [-0.1, -0.05) is 0 Å². The van der Waals surface area contributed by atoms with Crippen molar-refractivity contribution in [2.75, 3.05) is 7.11 Å². The van der Waals surface area contributed by atoms with Gasteiger partial charge in [-0.05, 0) is 24.6 Å². The van der Waals surface area contributed by atoms with Crippen molar-refractivity contribution in [3.05, 3.63) is 34.6 Å². The van der Waals surface area contributed by atoms with Gasteiger partial charge >= 0.3 is 11.9 Å². The molecule has 0 amide bonds. The van der Waals surface area contributed by atoms with Gasteiger partial charge in [-0.3, -0.25) is 4.79 Å². The maximum Gasteiger partial charge on any atom is 0.338 e. The predicted octanol–water partition coefficient (Wildman–Crippen LogP) is 1.01. The van der Waals surface area contributed by atoms with Gasteiger partial charge in [-0.2, -0.15) is 0 Å². The van der Waals surface area contributed by atoms with Crippen molar-refractivity contribution >= 4 is 11.9 Å². The van der Waals surface area contributed by atoms with E-state index in [0.29, 0.717) is 5.56 Å². The standard InChI is InChI=1S/C11H12FNO4/c1-5-3-8(12)7(9(13)10(14)15)4-6(5)11(16)17-2/h3-4,9H,13H2,1-2H3,(H,14,15). The van der Waals surface area contributed by atoms with Crippen molar-refractivity contribution in [3.63, 3.8) is 0 Å². The number of carbonyl (C=O) groups is 2. The molecule has 17 heavy (non-hydrogen) atoms. The first-order chi connectivity index (χ1) is 7.88. The molecule has 1 aromatic rings. The van der Waals surface area contributed by atoms with Crippen LogP contribution in [-0.2, 0) is 9.53 Å². The quantitative estimate of drug-likeness (QED) is 0.770. The first-order valence-electron chi connectivity index (χ1n) is 4.75. The molecule has 1 rings (SSSR count). The van der Waals surface area contributed by atoms with Crippen LogP contribution in [0.1, 0.15) is 27.5 Å². The number of hydrogen-bond donors (Lipinski definition) is 2. The zero-order valence-electron chi connectivity index (χ0n) is 9.36. The number of methoxy groups -OCH3 is 1. The zero-order valence-corrected chi connectivity index (χ0v) is 9.36. The smallest absolute Gasteiger partial charge is 0.338 e. The van der Waals surface area contributed by atoms with Crippen LogP contribution in [0.3, 0.4) is 0 Å². The van der Waals surface area contributed by atoms with E-state index < -0.39 is 23.8 Å². The fourth-order valence-electron chi connectivity index (χ4n) is 1.39. The van der Waals surface area contributed by atoms with Crippen LogP contribution in [0.5, 0.6) is 0 Å². The summed E-state index contributed by atoms with van der Waals surface area (Å²) in [6.45, 7) is 1.52. The van der Waals surface area contributed by atoms with Crippen molar-refractivity contribution in [3.8, 4) is 0 Å². The molecule has 0 spiro atoms. The normalized spacial score (nSPS) is 12.0. The minimum Gasteiger partial charge on any atom is -0.480 e. The van der Waals surface area contributed by atoms with Crippen molar-refractivity contribution in [2.24, 2.45) is 5.73 Å². The molecule has 5 nitrogen and oxygen atoms in total. The number of aliphatic carboxylic acids is 1. The number of hydrogen-bond acceptors (Lipinski definition) is 4. The second-order valence-corrected chi connectivity index (χ2v) is 3.50. The van der Waals surface area contributed by atoms with E-state index in [4.69, 9.17) is 10.8 Å². The maximum absolute atomic E-state index is 13.5. The van der Waals surface area contributed by atoms with Crippen molar-refractivity contribution in [2.45, 2.75) is 13.0 Å². The predicted molar refractivity (Wildman–Crippen MR) is 57.0 cm³/mol. The van der Waals surface area contributed by atoms with E-state index in [-0.39, 0.29) is 11.1 Å². The Balaban J connectivity index is 3.33. The number of benzene rings is 1. The first-order valence-corrected chi connectivity index (χ1v) is 4.75. The summed E-state index contributed by atoms with van der Waals surface area (Å²) in [6.07, 6.45) is 0. The number of rotatable bonds is 3.